The molecule has 3 aromatic carbocycles. The van der Waals surface area contributed by atoms with E-state index < -0.39 is 34.3 Å². The third-order valence-corrected chi connectivity index (χ3v) is 8.39. The maximum Gasteiger partial charge on any atom is 0.264 e. The molecule has 0 aromatic heterocycles. The van der Waals surface area contributed by atoms with Crippen LogP contribution in [-0.2, 0) is 26.2 Å². The van der Waals surface area contributed by atoms with Gasteiger partial charge in [0, 0.05) is 12.6 Å². The molecule has 7 nitrogen and oxygen atoms in total. The van der Waals surface area contributed by atoms with Gasteiger partial charge in [0.25, 0.3) is 10.0 Å². The number of halogens is 1. The molecule has 0 spiro atoms. The molecule has 2 unspecified atom stereocenters. The molecule has 0 radical (unpaired) electrons. The van der Waals surface area contributed by atoms with Crippen molar-refractivity contribution in [3.05, 3.63) is 95.3 Å². The summed E-state index contributed by atoms with van der Waals surface area (Å²) in [5.41, 5.74) is 2.36. The molecule has 39 heavy (non-hydrogen) atoms. The van der Waals surface area contributed by atoms with Crippen molar-refractivity contribution in [2.45, 2.75) is 64.6 Å². The molecular weight excluding hydrogens is 517 g/mol. The molecule has 2 atom stereocenters. The first-order valence-corrected chi connectivity index (χ1v) is 14.4. The van der Waals surface area contributed by atoms with Crippen LogP contribution in [0.5, 0.6) is 0 Å². The summed E-state index contributed by atoms with van der Waals surface area (Å²) < 4.78 is 43.3. The number of anilines is 1. The summed E-state index contributed by atoms with van der Waals surface area (Å²) in [6.07, 6.45) is 0.708. The fraction of sp³-hybridized carbons (Fsp3) is 0.333. The molecule has 0 fully saturated rings. The lowest BCUT2D eigenvalue weighted by atomic mass is 10.1. The quantitative estimate of drug-likeness (QED) is 0.363. The molecule has 208 valence electrons. The fourth-order valence-electron chi connectivity index (χ4n) is 4.06. The Morgan fingerprint density at radius 2 is 1.59 bits per heavy atom. The minimum Gasteiger partial charge on any atom is -0.352 e. The zero-order valence-corrected chi connectivity index (χ0v) is 23.8. The zero-order chi connectivity index (χ0) is 28.7. The topological polar surface area (TPSA) is 86.8 Å². The van der Waals surface area contributed by atoms with Crippen molar-refractivity contribution in [3.63, 3.8) is 0 Å². The average Bonchev–Trinajstić information content (AvgIpc) is 2.90. The van der Waals surface area contributed by atoms with Crippen LogP contribution in [0.4, 0.5) is 10.1 Å². The van der Waals surface area contributed by atoms with Gasteiger partial charge >= 0.3 is 0 Å². The molecule has 3 aromatic rings. The minimum absolute atomic E-state index is 0.0723. The largest absolute Gasteiger partial charge is 0.352 e. The van der Waals surface area contributed by atoms with Gasteiger partial charge in [-0.15, -0.1) is 0 Å². The second-order valence-corrected chi connectivity index (χ2v) is 11.6. The van der Waals surface area contributed by atoms with Crippen LogP contribution in [0.1, 0.15) is 43.9 Å². The summed E-state index contributed by atoms with van der Waals surface area (Å²) in [6, 6.07) is 18.0. The Hall–Kier alpha value is -3.72. The number of benzene rings is 3. The highest BCUT2D eigenvalue weighted by molar-refractivity contribution is 7.92. The lowest BCUT2D eigenvalue weighted by Crippen LogP contribution is -2.52. The van der Waals surface area contributed by atoms with Gasteiger partial charge in [0.15, 0.2) is 0 Å². The van der Waals surface area contributed by atoms with Gasteiger partial charge in [-0.1, -0.05) is 66.6 Å². The molecule has 1 N–H and O–H groups in total. The number of nitrogens with one attached hydrogen (secondary N) is 1. The van der Waals surface area contributed by atoms with Crippen LogP contribution < -0.4 is 9.62 Å². The number of rotatable bonds is 11. The Morgan fingerprint density at radius 1 is 0.923 bits per heavy atom. The number of carbonyl (C=O) groups is 2. The number of nitrogens with zero attached hydrogens (tertiary/aromatic N) is 2. The minimum atomic E-state index is -4.33. The van der Waals surface area contributed by atoms with E-state index in [1.54, 1.807) is 19.1 Å². The molecular formula is C30H36FN3O4S. The van der Waals surface area contributed by atoms with Crippen LogP contribution >= 0.6 is 0 Å². The van der Waals surface area contributed by atoms with E-state index in [-0.39, 0.29) is 29.1 Å². The predicted molar refractivity (Wildman–Crippen MR) is 151 cm³/mol. The van der Waals surface area contributed by atoms with Gasteiger partial charge in [-0.3, -0.25) is 13.9 Å². The molecule has 0 saturated heterocycles. The van der Waals surface area contributed by atoms with Crippen molar-refractivity contribution in [2.24, 2.45) is 0 Å². The normalized spacial score (nSPS) is 12.9. The first-order chi connectivity index (χ1) is 18.4. The first-order valence-electron chi connectivity index (χ1n) is 12.9. The van der Waals surface area contributed by atoms with Gasteiger partial charge in [-0.2, -0.15) is 0 Å². The van der Waals surface area contributed by atoms with Crippen LogP contribution in [0, 0.1) is 19.7 Å². The van der Waals surface area contributed by atoms with E-state index in [2.05, 4.69) is 5.32 Å². The highest BCUT2D eigenvalue weighted by Gasteiger charge is 2.33. The van der Waals surface area contributed by atoms with E-state index in [0.29, 0.717) is 6.42 Å². The SMILES string of the molecule is CCC(C)NC(=O)C(C)N(Cc1cccc(C)c1)C(=O)CN(c1ccccc1F)S(=O)(=O)c1ccc(C)cc1. The van der Waals surface area contributed by atoms with Gasteiger partial charge in [0.1, 0.15) is 18.4 Å². The third-order valence-electron chi connectivity index (χ3n) is 6.61. The molecule has 0 aliphatic rings. The molecule has 0 heterocycles. The molecule has 0 bridgehead atoms. The van der Waals surface area contributed by atoms with Crippen molar-refractivity contribution in [1.29, 1.82) is 0 Å². The number of aryl methyl sites for hydroxylation is 2. The number of carbonyl (C=O) groups excluding carboxylic acids is 2. The first kappa shape index (κ1) is 29.8. The van der Waals surface area contributed by atoms with E-state index in [1.807, 2.05) is 52.0 Å². The fourth-order valence-corrected chi connectivity index (χ4v) is 5.48. The van der Waals surface area contributed by atoms with Crippen LogP contribution in [0.15, 0.2) is 77.7 Å². The average molecular weight is 554 g/mol. The van der Waals surface area contributed by atoms with Gasteiger partial charge in [-0.25, -0.2) is 12.8 Å². The second kappa shape index (κ2) is 12.9. The van der Waals surface area contributed by atoms with E-state index in [9.17, 15) is 22.4 Å². The second-order valence-electron chi connectivity index (χ2n) is 9.78. The summed E-state index contributed by atoms with van der Waals surface area (Å²) in [7, 11) is -4.33. The molecule has 0 aliphatic carbocycles. The number of hydrogen-bond donors (Lipinski definition) is 1. The zero-order valence-electron chi connectivity index (χ0n) is 23.0. The molecule has 9 heteroatoms. The van der Waals surface area contributed by atoms with Gasteiger partial charge in [0.2, 0.25) is 11.8 Å². The Kier molecular flexibility index (Phi) is 9.86. The van der Waals surface area contributed by atoms with Gasteiger partial charge in [-0.05, 0) is 63.9 Å². The Bertz CT molecular complexity index is 1410. The van der Waals surface area contributed by atoms with E-state index in [0.717, 1.165) is 27.1 Å². The molecule has 0 aliphatic heterocycles. The molecule has 0 saturated carbocycles. The van der Waals surface area contributed by atoms with E-state index in [1.165, 1.54) is 35.2 Å². The number of para-hydroxylation sites is 1. The smallest absolute Gasteiger partial charge is 0.264 e. The molecule has 3 rings (SSSR count). The number of hydrogen-bond acceptors (Lipinski definition) is 4. The lowest BCUT2D eigenvalue weighted by molar-refractivity contribution is -0.139. The molecule has 2 amide bonds. The predicted octanol–water partition coefficient (Wildman–Crippen LogP) is 4.97. The van der Waals surface area contributed by atoms with Crippen LogP contribution in [-0.4, -0.2) is 43.8 Å². The van der Waals surface area contributed by atoms with Crippen LogP contribution in [0.2, 0.25) is 0 Å². The highest BCUT2D eigenvalue weighted by Crippen LogP contribution is 2.27. The summed E-state index contributed by atoms with van der Waals surface area (Å²) in [5, 5.41) is 2.89. The highest BCUT2D eigenvalue weighted by atomic mass is 32.2. The Morgan fingerprint density at radius 3 is 2.21 bits per heavy atom. The summed E-state index contributed by atoms with van der Waals surface area (Å²) in [4.78, 5) is 28.2. The summed E-state index contributed by atoms with van der Waals surface area (Å²) in [5.74, 6) is -1.78. The van der Waals surface area contributed by atoms with Crippen LogP contribution in [0.3, 0.4) is 0 Å². The van der Waals surface area contributed by atoms with Crippen molar-refractivity contribution in [3.8, 4) is 0 Å². The Labute approximate surface area is 230 Å². The number of sulfonamides is 1. The lowest BCUT2D eigenvalue weighted by Gasteiger charge is -2.32. The standard InChI is InChI=1S/C30H36FN3O4S/c1-6-23(4)32-30(36)24(5)33(19-25-11-9-10-22(3)18-25)29(35)20-34(28-13-8-7-12-27(28)31)39(37,38)26-16-14-21(2)15-17-26/h7-18,23-24H,6,19-20H2,1-5H3,(H,32,36). The van der Waals surface area contributed by atoms with Crippen LogP contribution in [0.25, 0.3) is 0 Å². The van der Waals surface area contributed by atoms with Gasteiger partial charge in [0.05, 0.1) is 10.6 Å². The number of amides is 2. The van der Waals surface area contributed by atoms with Crippen molar-refractivity contribution in [2.75, 3.05) is 10.8 Å². The maximum atomic E-state index is 15.0. The Balaban J connectivity index is 2.04. The third kappa shape index (κ3) is 7.44. The van der Waals surface area contributed by atoms with E-state index >= 15 is 0 Å². The van der Waals surface area contributed by atoms with E-state index in [4.69, 9.17) is 0 Å². The summed E-state index contributed by atoms with van der Waals surface area (Å²) in [6.45, 7) is 8.54. The summed E-state index contributed by atoms with van der Waals surface area (Å²) >= 11 is 0. The van der Waals surface area contributed by atoms with Crippen molar-refractivity contribution >= 4 is 27.5 Å². The van der Waals surface area contributed by atoms with Gasteiger partial charge < -0.3 is 10.2 Å². The monoisotopic (exact) mass is 553 g/mol. The van der Waals surface area contributed by atoms with Crippen molar-refractivity contribution in [1.82, 2.24) is 10.2 Å². The maximum absolute atomic E-state index is 15.0. The van der Waals surface area contributed by atoms with Crippen molar-refractivity contribution < 1.29 is 22.4 Å².